The predicted octanol–water partition coefficient (Wildman–Crippen LogP) is 6.31. The molecule has 4 aromatic heterocycles. The highest BCUT2D eigenvalue weighted by Crippen LogP contribution is 2.43. The number of carbonyl (C=O) groups is 4. The van der Waals surface area contributed by atoms with Gasteiger partial charge in [0.1, 0.15) is 23.8 Å². The fourth-order valence-corrected chi connectivity index (χ4v) is 7.51. The molecule has 52 heavy (non-hydrogen) atoms. The number of aromatic nitrogens is 6. The minimum atomic E-state index is -0.962. The van der Waals surface area contributed by atoms with E-state index in [1.54, 1.807) is 12.1 Å². The molecule has 8 rings (SSSR count). The third-order valence-electron chi connectivity index (χ3n) is 10.1. The molecule has 6 aromatic rings. The maximum Gasteiger partial charge on any atom is 0.331 e. The Bertz CT molecular complexity index is 2290. The maximum atomic E-state index is 14.8. The first-order valence-electron chi connectivity index (χ1n) is 16.8. The van der Waals surface area contributed by atoms with Gasteiger partial charge in [-0.25, -0.2) is 28.3 Å². The molecule has 12 nitrogen and oxygen atoms in total. The van der Waals surface area contributed by atoms with Crippen LogP contribution in [0.2, 0.25) is 0 Å². The number of hydrogen-bond donors (Lipinski definition) is 4. The number of fused-ring (bicyclic) bond motifs is 6. The number of imidazole rings is 2. The first kappa shape index (κ1) is 33.0. The number of hydrogen-bond acceptors (Lipinski definition) is 8. The molecule has 2 aliphatic rings. The van der Waals surface area contributed by atoms with Crippen LogP contribution in [0.3, 0.4) is 0 Å². The SMILES string of the molecule is Cc1[nH]cnc1CC1CC(OC(=O)/C=C\C(=O)OC2CC(Cc3nc[nH]c3C)C(=O)c3c2[nH]c2c(F)cccc32)c2[nH]c3c(F)cccc3c2C1=O. The zero-order valence-corrected chi connectivity index (χ0v) is 28.0. The first-order chi connectivity index (χ1) is 25.1. The highest BCUT2D eigenvalue weighted by Gasteiger charge is 2.41. The predicted molar refractivity (Wildman–Crippen MR) is 182 cm³/mol. The molecule has 0 radical (unpaired) electrons. The van der Waals surface area contributed by atoms with E-state index in [1.165, 1.54) is 36.9 Å². The van der Waals surface area contributed by atoms with E-state index in [-0.39, 0.29) is 70.8 Å². The van der Waals surface area contributed by atoms with Gasteiger partial charge in [0.05, 0.1) is 57.6 Å². The number of para-hydroxylation sites is 2. The zero-order chi connectivity index (χ0) is 36.3. The number of Topliss-reactive ketones (excluding diaryl/α,β-unsaturated/α-hetero) is 2. The fourth-order valence-electron chi connectivity index (χ4n) is 7.51. The Kier molecular flexibility index (Phi) is 8.16. The van der Waals surface area contributed by atoms with Crippen LogP contribution < -0.4 is 0 Å². The molecule has 0 fully saturated rings. The summed E-state index contributed by atoms with van der Waals surface area (Å²) in [6, 6.07) is 8.82. The lowest BCUT2D eigenvalue weighted by Crippen LogP contribution is -2.29. The maximum absolute atomic E-state index is 14.8. The van der Waals surface area contributed by atoms with Crippen molar-refractivity contribution in [2.45, 2.75) is 51.7 Å². The Balaban J connectivity index is 1.03. The fraction of sp³-hybridized carbons (Fsp3) is 0.263. The van der Waals surface area contributed by atoms with Crippen molar-refractivity contribution in [3.63, 3.8) is 0 Å². The van der Waals surface area contributed by atoms with Gasteiger partial charge in [-0.1, -0.05) is 24.3 Å². The van der Waals surface area contributed by atoms with E-state index >= 15 is 0 Å². The lowest BCUT2D eigenvalue weighted by Gasteiger charge is -2.28. The number of benzene rings is 2. The molecule has 14 heteroatoms. The van der Waals surface area contributed by atoms with E-state index in [2.05, 4.69) is 29.9 Å². The van der Waals surface area contributed by atoms with Gasteiger partial charge in [0.25, 0.3) is 0 Å². The topological polar surface area (TPSA) is 176 Å². The van der Waals surface area contributed by atoms with Crippen LogP contribution in [0.15, 0.2) is 61.2 Å². The van der Waals surface area contributed by atoms with Gasteiger partial charge < -0.3 is 29.4 Å². The van der Waals surface area contributed by atoms with Crippen LogP contribution >= 0.6 is 0 Å². The second-order valence-electron chi connectivity index (χ2n) is 13.3. The van der Waals surface area contributed by atoms with Crippen molar-refractivity contribution >= 4 is 45.3 Å². The third-order valence-corrected chi connectivity index (χ3v) is 10.1. The van der Waals surface area contributed by atoms with Crippen LogP contribution in [0.4, 0.5) is 8.78 Å². The Hall–Kier alpha value is -6.18. The van der Waals surface area contributed by atoms with Crippen molar-refractivity contribution in [2.75, 3.05) is 0 Å². The van der Waals surface area contributed by atoms with E-state index in [0.29, 0.717) is 22.2 Å². The van der Waals surface area contributed by atoms with Gasteiger partial charge in [0, 0.05) is 71.8 Å². The normalized spacial score (nSPS) is 20.1. The van der Waals surface area contributed by atoms with Crippen LogP contribution in [-0.2, 0) is 31.9 Å². The second-order valence-corrected chi connectivity index (χ2v) is 13.3. The number of halogens is 2. The molecule has 264 valence electrons. The molecular weight excluding hydrogens is 674 g/mol. The van der Waals surface area contributed by atoms with Gasteiger partial charge in [0.2, 0.25) is 0 Å². The zero-order valence-electron chi connectivity index (χ0n) is 28.0. The Morgan fingerprint density at radius 2 is 1.15 bits per heavy atom. The molecule has 4 atom stereocenters. The molecule has 0 amide bonds. The van der Waals surface area contributed by atoms with E-state index in [9.17, 15) is 28.0 Å². The molecule has 0 bridgehead atoms. The molecule has 4 unspecified atom stereocenters. The van der Waals surface area contributed by atoms with E-state index in [0.717, 1.165) is 23.5 Å². The number of esters is 2. The van der Waals surface area contributed by atoms with Gasteiger partial charge in [-0.3, -0.25) is 9.59 Å². The number of H-pyrrole nitrogens is 4. The molecule has 2 aliphatic carbocycles. The number of nitrogens with zero attached hydrogens (tertiary/aromatic N) is 2. The summed E-state index contributed by atoms with van der Waals surface area (Å²) in [6.45, 7) is 3.68. The number of nitrogens with one attached hydrogen (secondary N) is 4. The molecule has 0 spiro atoms. The number of carbonyl (C=O) groups excluding carboxylic acids is 4. The highest BCUT2D eigenvalue weighted by molar-refractivity contribution is 6.12. The molecule has 4 heterocycles. The van der Waals surface area contributed by atoms with Crippen molar-refractivity contribution in [3.05, 3.63) is 118 Å². The van der Waals surface area contributed by atoms with Crippen LogP contribution in [0, 0.1) is 37.3 Å². The summed E-state index contributed by atoms with van der Waals surface area (Å²) >= 11 is 0. The molecule has 0 aliphatic heterocycles. The van der Waals surface area contributed by atoms with E-state index < -0.39 is 47.6 Å². The van der Waals surface area contributed by atoms with Gasteiger partial charge in [-0.2, -0.15) is 0 Å². The van der Waals surface area contributed by atoms with E-state index in [1.807, 2.05) is 13.8 Å². The summed E-state index contributed by atoms with van der Waals surface area (Å²) in [5.41, 5.74) is 4.26. The standard InChI is InChI=1S/C38H32F2N6O6/c1-17-25(43-15-41-17)11-19-13-27(35-31(37(19)49)21-5-3-7-23(39)33(21)45-35)51-29(47)9-10-30(48)52-28-14-20(12-26-18(2)42-16-44-26)38(50)32-22-6-4-8-24(40)34(22)46-36(28)32/h3-10,15-16,19-20,27-28,45-46H,11-14H2,1-2H3,(H,41,43)(H,42,44)/b10-9-. The van der Waals surface area contributed by atoms with Crippen molar-refractivity contribution in [1.29, 1.82) is 0 Å². The van der Waals surface area contributed by atoms with Crippen LogP contribution in [0.1, 0.15) is 79.9 Å². The van der Waals surface area contributed by atoms with Crippen LogP contribution in [0.5, 0.6) is 0 Å². The van der Waals surface area contributed by atoms with Gasteiger partial charge in [0.15, 0.2) is 11.6 Å². The second kappa shape index (κ2) is 12.9. The summed E-state index contributed by atoms with van der Waals surface area (Å²) in [5.74, 6) is -4.58. The monoisotopic (exact) mass is 706 g/mol. The van der Waals surface area contributed by atoms with Gasteiger partial charge >= 0.3 is 11.9 Å². The van der Waals surface area contributed by atoms with E-state index in [4.69, 9.17) is 9.47 Å². The number of aromatic amines is 4. The van der Waals surface area contributed by atoms with Crippen molar-refractivity contribution in [3.8, 4) is 0 Å². The van der Waals surface area contributed by atoms with Gasteiger partial charge in [-0.15, -0.1) is 0 Å². The van der Waals surface area contributed by atoms with Crippen molar-refractivity contribution in [2.24, 2.45) is 11.8 Å². The molecule has 4 N–H and O–H groups in total. The van der Waals surface area contributed by atoms with Crippen molar-refractivity contribution < 1.29 is 37.4 Å². The average molecular weight is 707 g/mol. The lowest BCUT2D eigenvalue weighted by atomic mass is 9.80. The van der Waals surface area contributed by atoms with Crippen LogP contribution in [0.25, 0.3) is 21.8 Å². The Morgan fingerprint density at radius 1 is 0.731 bits per heavy atom. The van der Waals surface area contributed by atoms with Crippen molar-refractivity contribution in [1.82, 2.24) is 29.9 Å². The number of ketones is 2. The highest BCUT2D eigenvalue weighted by atomic mass is 19.1. The summed E-state index contributed by atoms with van der Waals surface area (Å²) < 4.78 is 41.2. The number of ether oxygens (including phenoxy) is 2. The Labute approximate surface area is 294 Å². The summed E-state index contributed by atoms with van der Waals surface area (Å²) in [4.78, 5) is 74.4. The summed E-state index contributed by atoms with van der Waals surface area (Å²) in [5, 5.41) is 0.762. The molecular formula is C38H32F2N6O6. The minimum Gasteiger partial charge on any atom is -0.453 e. The minimum absolute atomic E-state index is 0.100. The third kappa shape index (κ3) is 5.69. The summed E-state index contributed by atoms with van der Waals surface area (Å²) in [6.07, 6.45) is 3.73. The molecule has 0 saturated carbocycles. The molecule has 2 aromatic carbocycles. The largest absolute Gasteiger partial charge is 0.453 e. The van der Waals surface area contributed by atoms with Gasteiger partial charge in [-0.05, 0) is 26.0 Å². The lowest BCUT2D eigenvalue weighted by molar-refractivity contribution is -0.147. The number of aryl methyl sites for hydroxylation is 2. The summed E-state index contributed by atoms with van der Waals surface area (Å²) in [7, 11) is 0. The van der Waals surface area contributed by atoms with Crippen LogP contribution in [-0.4, -0.2) is 53.4 Å². The Morgan fingerprint density at radius 3 is 1.54 bits per heavy atom. The molecule has 0 saturated heterocycles. The smallest absolute Gasteiger partial charge is 0.331 e. The number of rotatable bonds is 8. The first-order valence-corrected chi connectivity index (χ1v) is 16.8. The quantitative estimate of drug-likeness (QED) is 0.105. The average Bonchev–Trinajstić information content (AvgIpc) is 3.91.